The number of nitrogens with zero attached hydrogens (tertiary/aromatic N) is 3. The number of rotatable bonds is 3. The number of amides is 1. The number of carbonyl (C=O) groups is 2. The van der Waals surface area contributed by atoms with Crippen LogP contribution in [0.15, 0.2) is 42.7 Å². The Morgan fingerprint density at radius 2 is 1.73 bits per heavy atom. The van der Waals surface area contributed by atoms with Gasteiger partial charge < -0.3 is 10.0 Å². The minimum Gasteiger partial charge on any atom is -0.480 e. The van der Waals surface area contributed by atoms with Crippen LogP contribution in [-0.4, -0.2) is 43.9 Å². The highest BCUT2D eigenvalue weighted by Crippen LogP contribution is 2.40. The van der Waals surface area contributed by atoms with Gasteiger partial charge in [-0.3, -0.25) is 4.79 Å². The SMILES string of the molecule is O=C(O)[C@@H]1C[C@@H]2CCCC[C@@H]2N1C(=O)c1cnc(-c2ccccc2)nc1. The van der Waals surface area contributed by atoms with Crippen LogP contribution >= 0.6 is 0 Å². The van der Waals surface area contributed by atoms with Crippen molar-refractivity contribution in [2.45, 2.75) is 44.2 Å². The Morgan fingerprint density at radius 3 is 2.42 bits per heavy atom. The van der Waals surface area contributed by atoms with Crippen LogP contribution in [0, 0.1) is 5.92 Å². The molecule has 2 aromatic rings. The molecule has 1 saturated heterocycles. The molecule has 1 amide bonds. The fraction of sp³-hybridized carbons (Fsp3) is 0.400. The monoisotopic (exact) mass is 351 g/mol. The van der Waals surface area contributed by atoms with Gasteiger partial charge in [-0.1, -0.05) is 43.2 Å². The van der Waals surface area contributed by atoms with E-state index in [0.717, 1.165) is 31.2 Å². The van der Waals surface area contributed by atoms with E-state index in [9.17, 15) is 14.7 Å². The molecule has 134 valence electrons. The third kappa shape index (κ3) is 2.96. The number of benzene rings is 1. The summed E-state index contributed by atoms with van der Waals surface area (Å²) < 4.78 is 0. The highest BCUT2D eigenvalue weighted by molar-refractivity contribution is 5.97. The second kappa shape index (κ2) is 6.86. The van der Waals surface area contributed by atoms with Gasteiger partial charge in [-0.15, -0.1) is 0 Å². The molecule has 1 N–H and O–H groups in total. The number of carboxylic acids is 1. The minimum atomic E-state index is -0.922. The quantitative estimate of drug-likeness (QED) is 0.919. The van der Waals surface area contributed by atoms with Crippen LogP contribution in [0.3, 0.4) is 0 Å². The molecule has 2 heterocycles. The van der Waals surface area contributed by atoms with Gasteiger partial charge >= 0.3 is 5.97 Å². The maximum Gasteiger partial charge on any atom is 0.326 e. The first-order chi connectivity index (χ1) is 12.6. The molecule has 6 nitrogen and oxygen atoms in total. The highest BCUT2D eigenvalue weighted by atomic mass is 16.4. The van der Waals surface area contributed by atoms with E-state index in [0.29, 0.717) is 23.7 Å². The van der Waals surface area contributed by atoms with Crippen molar-refractivity contribution in [3.8, 4) is 11.4 Å². The van der Waals surface area contributed by atoms with E-state index in [1.54, 1.807) is 4.90 Å². The number of hydrogen-bond acceptors (Lipinski definition) is 4. The van der Waals surface area contributed by atoms with Gasteiger partial charge in [0, 0.05) is 24.0 Å². The molecule has 0 unspecified atom stereocenters. The average molecular weight is 351 g/mol. The summed E-state index contributed by atoms with van der Waals surface area (Å²) in [6.07, 6.45) is 7.60. The maximum atomic E-state index is 13.0. The smallest absolute Gasteiger partial charge is 0.326 e. The Morgan fingerprint density at radius 1 is 1.04 bits per heavy atom. The summed E-state index contributed by atoms with van der Waals surface area (Å²) in [6, 6.07) is 8.82. The molecule has 6 heteroatoms. The Kier molecular flexibility index (Phi) is 4.41. The average Bonchev–Trinajstić information content (AvgIpc) is 3.08. The van der Waals surface area contributed by atoms with E-state index in [1.807, 2.05) is 30.3 Å². The lowest BCUT2D eigenvalue weighted by molar-refractivity contribution is -0.141. The zero-order valence-corrected chi connectivity index (χ0v) is 14.4. The van der Waals surface area contributed by atoms with Gasteiger partial charge in [-0.2, -0.15) is 0 Å². The first-order valence-electron chi connectivity index (χ1n) is 9.08. The van der Waals surface area contributed by atoms with Crippen LogP contribution in [-0.2, 0) is 4.79 Å². The number of likely N-dealkylation sites (tertiary alicyclic amines) is 1. The molecule has 0 radical (unpaired) electrons. The van der Waals surface area contributed by atoms with Gasteiger partial charge in [0.05, 0.1) is 5.56 Å². The van der Waals surface area contributed by atoms with Crippen molar-refractivity contribution in [1.29, 1.82) is 0 Å². The number of aromatic nitrogens is 2. The predicted octanol–water partition coefficient (Wildman–Crippen LogP) is 3.00. The molecule has 2 fully saturated rings. The summed E-state index contributed by atoms with van der Waals surface area (Å²) in [5, 5.41) is 9.59. The predicted molar refractivity (Wildman–Crippen MR) is 95.4 cm³/mol. The third-order valence-corrected chi connectivity index (χ3v) is 5.54. The molecule has 1 aromatic heterocycles. The van der Waals surface area contributed by atoms with Gasteiger partial charge in [0.2, 0.25) is 0 Å². The molecule has 4 rings (SSSR count). The lowest BCUT2D eigenvalue weighted by Crippen LogP contribution is -2.46. The van der Waals surface area contributed by atoms with Crippen molar-refractivity contribution in [1.82, 2.24) is 14.9 Å². The molecule has 1 aliphatic heterocycles. The minimum absolute atomic E-state index is 0.0196. The molecule has 0 spiro atoms. The molecule has 0 bridgehead atoms. The van der Waals surface area contributed by atoms with Crippen LogP contribution in [0.4, 0.5) is 0 Å². The van der Waals surface area contributed by atoms with Crippen LogP contribution in [0.5, 0.6) is 0 Å². The zero-order chi connectivity index (χ0) is 18.1. The van der Waals surface area contributed by atoms with Crippen molar-refractivity contribution in [2.24, 2.45) is 5.92 Å². The number of hydrogen-bond donors (Lipinski definition) is 1. The first kappa shape index (κ1) is 16.7. The Bertz CT molecular complexity index is 807. The summed E-state index contributed by atoms with van der Waals surface area (Å²) in [5.74, 6) is -0.354. The van der Waals surface area contributed by atoms with Crippen LogP contribution < -0.4 is 0 Å². The number of carbonyl (C=O) groups excluding carboxylic acids is 1. The third-order valence-electron chi connectivity index (χ3n) is 5.54. The molecule has 3 atom stereocenters. The van der Waals surface area contributed by atoms with E-state index < -0.39 is 12.0 Å². The fourth-order valence-corrected chi connectivity index (χ4v) is 4.30. The fourth-order valence-electron chi connectivity index (χ4n) is 4.30. The number of aliphatic carboxylic acids is 1. The van der Waals surface area contributed by atoms with Crippen LogP contribution in [0.2, 0.25) is 0 Å². The van der Waals surface area contributed by atoms with E-state index >= 15 is 0 Å². The van der Waals surface area contributed by atoms with E-state index in [4.69, 9.17) is 0 Å². The molecule has 1 saturated carbocycles. The van der Waals surface area contributed by atoms with Crippen molar-refractivity contribution in [3.05, 3.63) is 48.3 Å². The van der Waals surface area contributed by atoms with E-state index in [-0.39, 0.29) is 11.9 Å². The molecule has 1 aromatic carbocycles. The standard InChI is InChI=1S/C20H21N3O3/c24-19(15-11-21-18(22-12-15)13-6-2-1-3-7-13)23-16-9-5-4-8-14(16)10-17(23)20(25)26/h1-3,6-7,11-12,14,16-17H,4-5,8-10H2,(H,25,26)/t14-,16-,17-/m0/s1. The zero-order valence-electron chi connectivity index (χ0n) is 14.4. The van der Waals surface area contributed by atoms with Gasteiger partial charge in [0.25, 0.3) is 5.91 Å². The second-order valence-electron chi connectivity index (χ2n) is 7.08. The van der Waals surface area contributed by atoms with E-state index in [1.165, 1.54) is 12.4 Å². The molecule has 26 heavy (non-hydrogen) atoms. The second-order valence-corrected chi connectivity index (χ2v) is 7.08. The van der Waals surface area contributed by atoms with Crippen LogP contribution in [0.25, 0.3) is 11.4 Å². The molecular weight excluding hydrogens is 330 g/mol. The van der Waals surface area contributed by atoms with Gasteiger partial charge in [-0.25, -0.2) is 14.8 Å². The number of carboxylic acid groups (broad SMARTS) is 1. The van der Waals surface area contributed by atoms with E-state index in [2.05, 4.69) is 9.97 Å². The van der Waals surface area contributed by atoms with Gasteiger partial charge in [-0.05, 0) is 25.2 Å². The van der Waals surface area contributed by atoms with Crippen molar-refractivity contribution >= 4 is 11.9 Å². The topological polar surface area (TPSA) is 83.4 Å². The highest BCUT2D eigenvalue weighted by Gasteiger charge is 2.47. The normalized spacial score (nSPS) is 24.9. The Labute approximate surface area is 151 Å². The van der Waals surface area contributed by atoms with Crippen LogP contribution in [0.1, 0.15) is 42.5 Å². The summed E-state index contributed by atoms with van der Waals surface area (Å²) in [5.41, 5.74) is 1.23. The lowest BCUT2D eigenvalue weighted by Gasteiger charge is -2.32. The van der Waals surface area contributed by atoms with Crippen molar-refractivity contribution in [3.63, 3.8) is 0 Å². The summed E-state index contributed by atoms with van der Waals surface area (Å²) >= 11 is 0. The Hall–Kier alpha value is -2.76. The van der Waals surface area contributed by atoms with Gasteiger partial charge in [0.1, 0.15) is 6.04 Å². The lowest BCUT2D eigenvalue weighted by atomic mass is 9.84. The largest absolute Gasteiger partial charge is 0.480 e. The van der Waals surface area contributed by atoms with Crippen molar-refractivity contribution in [2.75, 3.05) is 0 Å². The number of fused-ring (bicyclic) bond motifs is 1. The molecular formula is C20H21N3O3. The van der Waals surface area contributed by atoms with Crippen molar-refractivity contribution < 1.29 is 14.7 Å². The summed E-state index contributed by atoms with van der Waals surface area (Å²) in [6.45, 7) is 0. The molecule has 2 aliphatic rings. The Balaban J connectivity index is 1.60. The first-order valence-corrected chi connectivity index (χ1v) is 9.08. The summed E-state index contributed by atoms with van der Waals surface area (Å²) in [4.78, 5) is 34.9. The maximum absolute atomic E-state index is 13.0. The molecule has 1 aliphatic carbocycles. The summed E-state index contributed by atoms with van der Waals surface area (Å²) in [7, 11) is 0. The van der Waals surface area contributed by atoms with Gasteiger partial charge in [0.15, 0.2) is 5.82 Å².